The van der Waals surface area contributed by atoms with Crippen molar-refractivity contribution in [1.29, 1.82) is 0 Å². The number of nitrogens with zero attached hydrogens (tertiary/aromatic N) is 7. The highest BCUT2D eigenvalue weighted by atomic mass is 19.1. The first-order valence-electron chi connectivity index (χ1n) is 10.5. The molecule has 166 valence electrons. The first kappa shape index (κ1) is 20.3. The van der Waals surface area contributed by atoms with E-state index in [4.69, 9.17) is 10.5 Å². The number of fused-ring (bicyclic) bond motifs is 3. The van der Waals surface area contributed by atoms with Gasteiger partial charge in [0.05, 0.1) is 26.0 Å². The lowest BCUT2D eigenvalue weighted by Gasteiger charge is -2.31. The van der Waals surface area contributed by atoms with Crippen LogP contribution < -0.4 is 20.7 Å². The molecule has 0 unspecified atom stereocenters. The predicted octanol–water partition coefficient (Wildman–Crippen LogP) is 1.80. The monoisotopic (exact) mass is 437 g/mol. The van der Waals surface area contributed by atoms with Crippen molar-refractivity contribution in [3.63, 3.8) is 0 Å². The molecule has 0 amide bonds. The van der Waals surface area contributed by atoms with Gasteiger partial charge in [0.15, 0.2) is 17.3 Å². The van der Waals surface area contributed by atoms with Crippen LogP contribution in [0, 0.1) is 11.7 Å². The number of para-hydroxylation sites is 1. The topological polar surface area (TPSA) is 119 Å². The van der Waals surface area contributed by atoms with Crippen molar-refractivity contribution in [3.05, 3.63) is 42.2 Å². The van der Waals surface area contributed by atoms with Crippen molar-refractivity contribution in [3.8, 4) is 5.75 Å². The van der Waals surface area contributed by atoms with E-state index in [1.54, 1.807) is 11.6 Å². The van der Waals surface area contributed by atoms with E-state index >= 15 is 0 Å². The Hall–Kier alpha value is -3.60. The van der Waals surface area contributed by atoms with Gasteiger partial charge in [0, 0.05) is 18.5 Å². The van der Waals surface area contributed by atoms with Gasteiger partial charge in [-0.15, -0.1) is 5.10 Å². The summed E-state index contributed by atoms with van der Waals surface area (Å²) in [5.74, 6) is 2.27. The Morgan fingerprint density at radius 3 is 2.72 bits per heavy atom. The van der Waals surface area contributed by atoms with Gasteiger partial charge in [-0.1, -0.05) is 6.07 Å². The molecule has 1 saturated heterocycles. The number of nitrogen functional groups attached to an aromatic ring is 1. The molecular weight excluding hydrogens is 413 g/mol. The number of benzene rings is 1. The standard InChI is InChI=1S/C21H24FN9O/c1-32-16-4-2-3-15-18(16)28-20(23)31-19(15)27-17(29-31)12-24-9-13-5-7-30(8-6-13)21-25-10-14(22)11-26-21/h2-4,10-11,13,24H,5-9,12H2,1H3,(H2,23,28). The minimum atomic E-state index is -0.418. The maximum Gasteiger partial charge on any atom is 0.225 e. The Morgan fingerprint density at radius 1 is 1.19 bits per heavy atom. The maximum absolute atomic E-state index is 13.0. The molecule has 1 aromatic carbocycles. The fourth-order valence-electron chi connectivity index (χ4n) is 4.10. The molecular formula is C21H24FN9O. The molecule has 1 fully saturated rings. The minimum absolute atomic E-state index is 0.270. The highest BCUT2D eigenvalue weighted by Crippen LogP contribution is 2.27. The number of rotatable bonds is 6. The molecule has 0 radical (unpaired) electrons. The van der Waals surface area contributed by atoms with Crippen LogP contribution >= 0.6 is 0 Å². The van der Waals surface area contributed by atoms with Crippen LogP contribution in [0.3, 0.4) is 0 Å². The Balaban J connectivity index is 1.21. The second kappa shape index (κ2) is 8.50. The first-order chi connectivity index (χ1) is 15.6. The van der Waals surface area contributed by atoms with E-state index in [2.05, 4.69) is 35.3 Å². The smallest absolute Gasteiger partial charge is 0.225 e. The summed E-state index contributed by atoms with van der Waals surface area (Å²) >= 11 is 0. The van der Waals surface area contributed by atoms with Gasteiger partial charge < -0.3 is 20.7 Å². The average Bonchev–Trinajstić information content (AvgIpc) is 3.25. The summed E-state index contributed by atoms with van der Waals surface area (Å²) in [6.45, 7) is 3.09. The van der Waals surface area contributed by atoms with Crippen LogP contribution in [-0.4, -0.2) is 56.3 Å². The molecule has 1 aliphatic rings. The van der Waals surface area contributed by atoms with E-state index in [0.29, 0.717) is 41.1 Å². The lowest BCUT2D eigenvalue weighted by atomic mass is 9.97. The Bertz CT molecular complexity index is 1240. The molecule has 0 atom stereocenters. The number of hydrogen-bond acceptors (Lipinski definition) is 9. The van der Waals surface area contributed by atoms with Crippen LogP contribution in [0.4, 0.5) is 16.3 Å². The number of methoxy groups -OCH3 is 1. The number of piperidine rings is 1. The molecule has 0 saturated carbocycles. The molecule has 4 heterocycles. The third-order valence-electron chi connectivity index (χ3n) is 5.77. The van der Waals surface area contributed by atoms with Gasteiger partial charge in [0.2, 0.25) is 11.9 Å². The summed E-state index contributed by atoms with van der Waals surface area (Å²) in [6, 6.07) is 5.68. The molecule has 4 aromatic rings. The summed E-state index contributed by atoms with van der Waals surface area (Å²) < 4.78 is 20.0. The number of ether oxygens (including phenoxy) is 1. The fraction of sp³-hybridized carbons (Fsp3) is 0.381. The Kier molecular flexibility index (Phi) is 5.39. The van der Waals surface area contributed by atoms with Crippen molar-refractivity contribution in [2.24, 2.45) is 5.92 Å². The van der Waals surface area contributed by atoms with E-state index < -0.39 is 5.82 Å². The predicted molar refractivity (Wildman–Crippen MR) is 118 cm³/mol. The lowest BCUT2D eigenvalue weighted by Crippen LogP contribution is -2.38. The molecule has 3 aromatic heterocycles. The number of halogens is 1. The quantitative estimate of drug-likeness (QED) is 0.465. The second-order valence-electron chi connectivity index (χ2n) is 7.85. The molecule has 0 aliphatic carbocycles. The molecule has 1 aliphatic heterocycles. The Morgan fingerprint density at radius 2 is 1.97 bits per heavy atom. The van der Waals surface area contributed by atoms with Crippen molar-refractivity contribution < 1.29 is 9.13 Å². The van der Waals surface area contributed by atoms with Crippen LogP contribution in [0.15, 0.2) is 30.6 Å². The summed E-state index contributed by atoms with van der Waals surface area (Å²) in [6.07, 6.45) is 4.43. The van der Waals surface area contributed by atoms with Gasteiger partial charge in [0.1, 0.15) is 11.3 Å². The first-order valence-corrected chi connectivity index (χ1v) is 10.5. The summed E-state index contributed by atoms with van der Waals surface area (Å²) in [4.78, 5) is 19.3. The molecule has 11 heteroatoms. The molecule has 0 bridgehead atoms. The maximum atomic E-state index is 13.0. The van der Waals surface area contributed by atoms with Crippen molar-refractivity contribution in [1.82, 2.24) is 34.9 Å². The summed E-state index contributed by atoms with van der Waals surface area (Å²) in [7, 11) is 1.60. The van der Waals surface area contributed by atoms with E-state index in [9.17, 15) is 4.39 Å². The number of nitrogens with one attached hydrogen (secondary N) is 1. The lowest BCUT2D eigenvalue weighted by molar-refractivity contribution is 0.378. The zero-order valence-corrected chi connectivity index (χ0v) is 17.7. The largest absolute Gasteiger partial charge is 0.494 e. The van der Waals surface area contributed by atoms with Gasteiger partial charge in [-0.3, -0.25) is 0 Å². The Labute approximate surface area is 183 Å². The van der Waals surface area contributed by atoms with Gasteiger partial charge in [0.25, 0.3) is 0 Å². The SMILES string of the molecule is COc1cccc2c1nc(N)n1nc(CNCC3CCN(c4ncc(F)cn4)CC3)nc21. The van der Waals surface area contributed by atoms with Gasteiger partial charge in [-0.05, 0) is 37.4 Å². The minimum Gasteiger partial charge on any atom is -0.494 e. The number of anilines is 2. The highest BCUT2D eigenvalue weighted by Gasteiger charge is 2.21. The number of hydrogen-bond donors (Lipinski definition) is 2. The normalized spacial score (nSPS) is 15.0. The molecule has 5 rings (SSSR count). The second-order valence-corrected chi connectivity index (χ2v) is 7.85. The number of nitrogens with two attached hydrogens (primary N) is 1. The van der Waals surface area contributed by atoms with Crippen LogP contribution in [0.25, 0.3) is 16.6 Å². The van der Waals surface area contributed by atoms with Crippen LogP contribution in [-0.2, 0) is 6.54 Å². The molecule has 32 heavy (non-hydrogen) atoms. The highest BCUT2D eigenvalue weighted by molar-refractivity contribution is 5.95. The van der Waals surface area contributed by atoms with Crippen molar-refractivity contribution in [2.45, 2.75) is 19.4 Å². The van der Waals surface area contributed by atoms with Crippen molar-refractivity contribution in [2.75, 3.05) is 37.4 Å². The molecule has 0 spiro atoms. The van der Waals surface area contributed by atoms with E-state index in [0.717, 1.165) is 37.9 Å². The average molecular weight is 437 g/mol. The van der Waals surface area contributed by atoms with Gasteiger partial charge in [-0.2, -0.15) is 4.52 Å². The van der Waals surface area contributed by atoms with E-state index in [-0.39, 0.29) is 5.95 Å². The molecule has 10 nitrogen and oxygen atoms in total. The van der Waals surface area contributed by atoms with E-state index in [1.807, 2.05) is 18.2 Å². The van der Waals surface area contributed by atoms with E-state index in [1.165, 1.54) is 12.4 Å². The van der Waals surface area contributed by atoms with Crippen LogP contribution in [0.2, 0.25) is 0 Å². The molecule has 3 N–H and O–H groups in total. The van der Waals surface area contributed by atoms with Crippen LogP contribution in [0.1, 0.15) is 18.7 Å². The van der Waals surface area contributed by atoms with Crippen LogP contribution in [0.5, 0.6) is 5.75 Å². The fourth-order valence-corrected chi connectivity index (χ4v) is 4.10. The zero-order chi connectivity index (χ0) is 22.1. The van der Waals surface area contributed by atoms with Crippen molar-refractivity contribution >= 4 is 28.4 Å². The summed E-state index contributed by atoms with van der Waals surface area (Å²) in [5, 5.41) is 8.82. The number of aromatic nitrogens is 6. The van der Waals surface area contributed by atoms with Gasteiger partial charge >= 0.3 is 0 Å². The summed E-state index contributed by atoms with van der Waals surface area (Å²) in [5.41, 5.74) is 7.44. The third kappa shape index (κ3) is 3.86. The third-order valence-corrected chi connectivity index (χ3v) is 5.77. The van der Waals surface area contributed by atoms with Gasteiger partial charge in [-0.25, -0.2) is 24.3 Å². The zero-order valence-electron chi connectivity index (χ0n) is 17.7.